The molecule has 1 aliphatic carbocycles. The first-order valence-electron chi connectivity index (χ1n) is 13.9. The van der Waals surface area contributed by atoms with Gasteiger partial charge in [0.15, 0.2) is 5.76 Å². The highest BCUT2D eigenvalue weighted by Crippen LogP contribution is 2.49. The second-order valence-electron chi connectivity index (χ2n) is 10.5. The second kappa shape index (κ2) is 11.0. The maximum absolute atomic E-state index is 12.5. The predicted octanol–water partition coefficient (Wildman–Crippen LogP) is 7.57. The molecule has 0 spiro atoms. The summed E-state index contributed by atoms with van der Waals surface area (Å²) in [6, 6.07) is 28.9. The van der Waals surface area contributed by atoms with Gasteiger partial charge in [0.05, 0.1) is 24.8 Å². The quantitative estimate of drug-likeness (QED) is 0.178. The fourth-order valence-corrected chi connectivity index (χ4v) is 5.45. The molecule has 6 rings (SSSR count). The number of hydrogen-bond donors (Lipinski definition) is 0. The Morgan fingerprint density at radius 3 is 2.29 bits per heavy atom. The highest BCUT2D eigenvalue weighted by atomic mass is 16.5. The molecule has 2 aromatic heterocycles. The maximum Gasteiger partial charge on any atom is 0.316 e. The zero-order valence-electron chi connectivity index (χ0n) is 23.5. The molecule has 0 unspecified atom stereocenters. The van der Waals surface area contributed by atoms with E-state index in [-0.39, 0.29) is 5.97 Å². The van der Waals surface area contributed by atoms with Gasteiger partial charge in [0.1, 0.15) is 0 Å². The van der Waals surface area contributed by atoms with Crippen LogP contribution in [0.1, 0.15) is 42.1 Å². The molecule has 5 aromatic rings. The fraction of sp³-hybridized carbons (Fsp3) is 0.229. The van der Waals surface area contributed by atoms with Gasteiger partial charge in [-0.1, -0.05) is 78.0 Å². The second-order valence-corrected chi connectivity index (χ2v) is 10.5. The summed E-state index contributed by atoms with van der Waals surface area (Å²) >= 11 is 0. The number of rotatable bonds is 9. The van der Waals surface area contributed by atoms with Crippen molar-refractivity contribution in [3.63, 3.8) is 0 Å². The zero-order chi connectivity index (χ0) is 28.4. The first kappa shape index (κ1) is 26.5. The van der Waals surface area contributed by atoms with Crippen molar-refractivity contribution >= 4 is 5.97 Å². The van der Waals surface area contributed by atoms with E-state index >= 15 is 0 Å². The van der Waals surface area contributed by atoms with Gasteiger partial charge in [-0.3, -0.25) is 4.79 Å². The summed E-state index contributed by atoms with van der Waals surface area (Å²) in [5, 5.41) is 4.30. The molecule has 3 aromatic carbocycles. The molecule has 2 heterocycles. The fourth-order valence-electron chi connectivity index (χ4n) is 5.45. The molecule has 1 fully saturated rings. The lowest BCUT2D eigenvalue weighted by Gasteiger charge is -2.14. The largest absolute Gasteiger partial charge is 0.481 e. The van der Waals surface area contributed by atoms with Crippen LogP contribution in [0.2, 0.25) is 0 Å². The summed E-state index contributed by atoms with van der Waals surface area (Å²) in [6.07, 6.45) is 4.11. The molecule has 0 amide bonds. The molecule has 1 aliphatic rings. The van der Waals surface area contributed by atoms with Crippen molar-refractivity contribution in [3.05, 3.63) is 114 Å². The molecule has 0 atom stereocenters. The Morgan fingerprint density at radius 2 is 1.61 bits per heavy atom. The van der Waals surface area contributed by atoms with Crippen molar-refractivity contribution in [2.75, 3.05) is 13.7 Å². The maximum atomic E-state index is 12.5. The van der Waals surface area contributed by atoms with Gasteiger partial charge in [0.25, 0.3) is 0 Å². The van der Waals surface area contributed by atoms with E-state index in [2.05, 4.69) is 82.9 Å². The van der Waals surface area contributed by atoms with Crippen LogP contribution in [-0.2, 0) is 21.4 Å². The van der Waals surface area contributed by atoms with Gasteiger partial charge in [0.2, 0.25) is 5.88 Å². The number of esters is 1. The SMILES string of the molecule is CCOC(=O)C1(c2ccc(-c3ccc(-c4onc(C)c4Cc4cccc(-c5cccnc5OC)c4)cc3)cc2)CC1. The number of carbonyl (C=O) groups is 1. The standard InChI is InChI=1S/C35H32N2O4/c1-4-40-34(38)35(18-19-35)29-16-14-26(15-17-29)25-10-12-27(13-11-25)32-31(23(2)37-41-32)22-24-7-5-8-28(21-24)30-9-6-20-36-33(30)39-3/h5-17,20-21H,4,18-19,22H2,1-3H3. The average molecular weight is 545 g/mol. The number of aryl methyl sites for hydroxylation is 1. The van der Waals surface area contributed by atoms with Crippen molar-refractivity contribution < 1.29 is 18.8 Å². The number of aromatic nitrogens is 2. The van der Waals surface area contributed by atoms with Crippen LogP contribution in [0.15, 0.2) is 95.6 Å². The predicted molar refractivity (Wildman–Crippen MR) is 159 cm³/mol. The van der Waals surface area contributed by atoms with Crippen LogP contribution in [0.25, 0.3) is 33.6 Å². The lowest BCUT2D eigenvalue weighted by molar-refractivity contribution is -0.146. The van der Waals surface area contributed by atoms with Crippen LogP contribution in [0.5, 0.6) is 5.88 Å². The molecule has 6 nitrogen and oxygen atoms in total. The van der Waals surface area contributed by atoms with Crippen molar-refractivity contribution in [2.24, 2.45) is 0 Å². The minimum atomic E-state index is -0.456. The molecule has 41 heavy (non-hydrogen) atoms. The van der Waals surface area contributed by atoms with Gasteiger partial charge in [0, 0.05) is 29.3 Å². The van der Waals surface area contributed by atoms with Gasteiger partial charge in [-0.15, -0.1) is 0 Å². The first-order chi connectivity index (χ1) is 20.0. The third-order valence-electron chi connectivity index (χ3n) is 7.90. The van der Waals surface area contributed by atoms with Crippen molar-refractivity contribution in [2.45, 2.75) is 38.5 Å². The molecule has 0 radical (unpaired) electrons. The highest BCUT2D eigenvalue weighted by Gasteiger charge is 2.52. The van der Waals surface area contributed by atoms with Crippen molar-refractivity contribution in [1.29, 1.82) is 0 Å². The number of benzene rings is 3. The van der Waals surface area contributed by atoms with Gasteiger partial charge >= 0.3 is 5.97 Å². The van der Waals surface area contributed by atoms with Gasteiger partial charge in [-0.25, -0.2) is 4.98 Å². The van der Waals surface area contributed by atoms with Gasteiger partial charge in [-0.05, 0) is 66.6 Å². The van der Waals surface area contributed by atoms with Crippen LogP contribution in [0, 0.1) is 6.92 Å². The smallest absolute Gasteiger partial charge is 0.316 e. The number of pyridine rings is 1. The van der Waals surface area contributed by atoms with Crippen LogP contribution < -0.4 is 4.74 Å². The molecule has 6 heteroatoms. The van der Waals surface area contributed by atoms with Crippen molar-refractivity contribution in [3.8, 4) is 39.5 Å². The van der Waals surface area contributed by atoms with Crippen LogP contribution in [0.4, 0.5) is 0 Å². The Morgan fingerprint density at radius 1 is 0.902 bits per heavy atom. The number of methoxy groups -OCH3 is 1. The monoisotopic (exact) mass is 544 g/mol. The van der Waals surface area contributed by atoms with Gasteiger partial charge < -0.3 is 14.0 Å². The lowest BCUT2D eigenvalue weighted by atomic mass is 9.93. The summed E-state index contributed by atoms with van der Waals surface area (Å²) in [6.45, 7) is 4.24. The number of ether oxygens (including phenoxy) is 2. The third-order valence-corrected chi connectivity index (χ3v) is 7.90. The van der Waals surface area contributed by atoms with E-state index in [0.717, 1.165) is 68.8 Å². The summed E-state index contributed by atoms with van der Waals surface area (Å²) in [5.74, 6) is 1.27. The Kier molecular flexibility index (Phi) is 7.14. The molecule has 206 valence electrons. The van der Waals surface area contributed by atoms with Crippen LogP contribution >= 0.6 is 0 Å². The molecule has 0 bridgehead atoms. The van der Waals surface area contributed by atoms with Crippen LogP contribution in [0.3, 0.4) is 0 Å². The highest BCUT2D eigenvalue weighted by molar-refractivity contribution is 5.87. The summed E-state index contributed by atoms with van der Waals surface area (Å²) in [5.41, 5.74) is 8.83. The summed E-state index contributed by atoms with van der Waals surface area (Å²) < 4.78 is 16.6. The number of carbonyl (C=O) groups excluding carboxylic acids is 1. The third kappa shape index (κ3) is 5.13. The van der Waals surface area contributed by atoms with E-state index in [1.165, 1.54) is 0 Å². The minimum absolute atomic E-state index is 0.112. The van der Waals surface area contributed by atoms with E-state index in [1.807, 2.05) is 26.0 Å². The summed E-state index contributed by atoms with van der Waals surface area (Å²) in [7, 11) is 1.64. The Bertz CT molecular complexity index is 1680. The van der Waals surface area contributed by atoms with E-state index in [4.69, 9.17) is 14.0 Å². The Hall–Kier alpha value is -4.71. The van der Waals surface area contributed by atoms with E-state index < -0.39 is 5.41 Å². The molecule has 0 aliphatic heterocycles. The van der Waals surface area contributed by atoms with Gasteiger partial charge in [-0.2, -0.15) is 0 Å². The Balaban J connectivity index is 1.22. The topological polar surface area (TPSA) is 74.5 Å². The zero-order valence-corrected chi connectivity index (χ0v) is 23.5. The van der Waals surface area contributed by atoms with E-state index in [0.29, 0.717) is 18.9 Å². The number of nitrogens with zero attached hydrogens (tertiary/aromatic N) is 2. The summed E-state index contributed by atoms with van der Waals surface area (Å²) in [4.78, 5) is 16.8. The van der Waals surface area contributed by atoms with E-state index in [9.17, 15) is 4.79 Å². The molecule has 1 saturated carbocycles. The number of hydrogen-bond acceptors (Lipinski definition) is 6. The molecule has 0 N–H and O–H groups in total. The van der Waals surface area contributed by atoms with Crippen LogP contribution in [-0.4, -0.2) is 29.8 Å². The molecule has 0 saturated heterocycles. The lowest BCUT2D eigenvalue weighted by Crippen LogP contribution is -2.23. The van der Waals surface area contributed by atoms with E-state index in [1.54, 1.807) is 13.3 Å². The average Bonchev–Trinajstić information content (AvgIpc) is 3.76. The minimum Gasteiger partial charge on any atom is -0.481 e. The first-order valence-corrected chi connectivity index (χ1v) is 13.9. The molecular formula is C35H32N2O4. The molecular weight excluding hydrogens is 512 g/mol. The Labute approximate surface area is 240 Å². The van der Waals surface area contributed by atoms with Crippen molar-refractivity contribution in [1.82, 2.24) is 10.1 Å². The normalized spacial score (nSPS) is 13.5.